The predicted octanol–water partition coefficient (Wildman–Crippen LogP) is 6.29. The average Bonchev–Trinajstić information content (AvgIpc) is 3.20. The minimum absolute atomic E-state index is 0.320. The van der Waals surface area contributed by atoms with Gasteiger partial charge in [0.15, 0.2) is 0 Å². The van der Waals surface area contributed by atoms with Gasteiger partial charge in [-0.2, -0.15) is 0 Å². The van der Waals surface area contributed by atoms with Gasteiger partial charge in [-0.15, -0.1) is 11.3 Å². The van der Waals surface area contributed by atoms with Crippen LogP contribution in [0.3, 0.4) is 0 Å². The molecule has 166 valence electrons. The van der Waals surface area contributed by atoms with Crippen LogP contribution in [0.4, 0.5) is 5.00 Å². The Labute approximate surface area is 200 Å². The van der Waals surface area contributed by atoms with E-state index in [-0.39, 0.29) is 5.91 Å². The topological polar surface area (TPSA) is 85.1 Å². The maximum Gasteiger partial charge on any atom is 0.257 e. The fraction of sp³-hybridized carbons (Fsp3) is 0.0357. The van der Waals surface area contributed by atoms with Gasteiger partial charge in [-0.1, -0.05) is 78.9 Å². The third-order valence-corrected chi connectivity index (χ3v) is 6.67. The molecule has 0 atom stereocenters. The molecular formula is C28H21N3O2S. The number of primary amides is 1. The molecule has 5 aromatic rings. The molecule has 5 nitrogen and oxygen atoms in total. The molecule has 2 heterocycles. The Bertz CT molecular complexity index is 1530. The lowest BCUT2D eigenvalue weighted by molar-refractivity contribution is 0.100. The average molecular weight is 464 g/mol. The number of carbonyl (C=O) groups excluding carboxylic acids is 2. The van der Waals surface area contributed by atoms with Crippen molar-refractivity contribution in [2.75, 3.05) is 5.32 Å². The van der Waals surface area contributed by atoms with E-state index < -0.39 is 5.91 Å². The third-order valence-electron chi connectivity index (χ3n) is 5.65. The van der Waals surface area contributed by atoms with Crippen molar-refractivity contribution in [2.45, 2.75) is 6.92 Å². The zero-order chi connectivity index (χ0) is 23.7. The number of hydrogen-bond acceptors (Lipinski definition) is 4. The van der Waals surface area contributed by atoms with Crippen molar-refractivity contribution in [2.24, 2.45) is 5.73 Å². The second kappa shape index (κ2) is 8.92. The molecule has 0 unspecified atom stereocenters. The number of hydrogen-bond donors (Lipinski definition) is 2. The number of amides is 2. The quantitative estimate of drug-likeness (QED) is 0.321. The molecule has 0 fully saturated rings. The first-order valence-corrected chi connectivity index (χ1v) is 11.6. The molecule has 2 amide bonds. The zero-order valence-electron chi connectivity index (χ0n) is 18.4. The van der Waals surface area contributed by atoms with Crippen LogP contribution in [0, 0.1) is 6.92 Å². The SMILES string of the molecule is Cc1sc(NC(=O)c2cc(-c3ccccc3)nc3ccccc23)c(C(N)=O)c1-c1ccccc1. The number of para-hydroxylation sites is 1. The number of aromatic nitrogens is 1. The van der Waals surface area contributed by atoms with Crippen LogP contribution in [0.1, 0.15) is 25.6 Å². The summed E-state index contributed by atoms with van der Waals surface area (Å²) in [6, 6.07) is 28.6. The summed E-state index contributed by atoms with van der Waals surface area (Å²) >= 11 is 1.34. The number of rotatable bonds is 5. The van der Waals surface area contributed by atoms with E-state index in [1.165, 1.54) is 11.3 Å². The highest BCUT2D eigenvalue weighted by molar-refractivity contribution is 7.17. The molecule has 6 heteroatoms. The van der Waals surface area contributed by atoms with Crippen molar-refractivity contribution in [3.63, 3.8) is 0 Å². The molecule has 3 aromatic carbocycles. The monoisotopic (exact) mass is 463 g/mol. The summed E-state index contributed by atoms with van der Waals surface area (Å²) in [7, 11) is 0. The fourth-order valence-corrected chi connectivity index (χ4v) is 5.19. The van der Waals surface area contributed by atoms with Gasteiger partial charge < -0.3 is 11.1 Å². The fourth-order valence-electron chi connectivity index (χ4n) is 4.11. The Morgan fingerprint density at radius 3 is 2.15 bits per heavy atom. The van der Waals surface area contributed by atoms with Crippen LogP contribution in [0.15, 0.2) is 91.0 Å². The van der Waals surface area contributed by atoms with Gasteiger partial charge >= 0.3 is 0 Å². The lowest BCUT2D eigenvalue weighted by atomic mass is 10.0. The summed E-state index contributed by atoms with van der Waals surface area (Å²) in [5.41, 5.74) is 10.5. The largest absolute Gasteiger partial charge is 0.365 e. The molecule has 0 aliphatic heterocycles. The van der Waals surface area contributed by atoms with Crippen molar-refractivity contribution in [1.29, 1.82) is 0 Å². The highest BCUT2D eigenvalue weighted by Crippen LogP contribution is 2.40. The second-order valence-corrected chi connectivity index (χ2v) is 9.08. The lowest BCUT2D eigenvalue weighted by Crippen LogP contribution is -2.17. The van der Waals surface area contributed by atoms with Gasteiger partial charge in [-0.05, 0) is 24.6 Å². The van der Waals surface area contributed by atoms with Crippen LogP contribution in [0.25, 0.3) is 33.3 Å². The Morgan fingerprint density at radius 2 is 1.47 bits per heavy atom. The number of benzene rings is 3. The van der Waals surface area contributed by atoms with E-state index in [2.05, 4.69) is 5.32 Å². The van der Waals surface area contributed by atoms with Crippen LogP contribution in [0.5, 0.6) is 0 Å². The van der Waals surface area contributed by atoms with Gasteiger partial charge in [0, 0.05) is 21.4 Å². The van der Waals surface area contributed by atoms with E-state index in [0.29, 0.717) is 21.8 Å². The molecular weight excluding hydrogens is 442 g/mol. The Balaban J connectivity index is 1.61. The molecule has 0 spiro atoms. The van der Waals surface area contributed by atoms with Gasteiger partial charge in [-0.25, -0.2) is 4.98 Å². The van der Waals surface area contributed by atoms with Crippen molar-refractivity contribution >= 4 is 39.1 Å². The Hall–Kier alpha value is -4.29. The molecule has 5 rings (SSSR count). The summed E-state index contributed by atoms with van der Waals surface area (Å²) in [6.45, 7) is 1.92. The molecule has 0 bridgehead atoms. The van der Waals surface area contributed by atoms with Gasteiger partial charge in [-0.3, -0.25) is 9.59 Å². The normalized spacial score (nSPS) is 10.9. The number of thiophene rings is 1. The third kappa shape index (κ3) is 3.95. The summed E-state index contributed by atoms with van der Waals surface area (Å²) < 4.78 is 0. The number of aryl methyl sites for hydroxylation is 1. The number of anilines is 1. The summed E-state index contributed by atoms with van der Waals surface area (Å²) in [5.74, 6) is -0.901. The van der Waals surface area contributed by atoms with Crippen LogP contribution in [-0.2, 0) is 0 Å². The predicted molar refractivity (Wildman–Crippen MR) is 138 cm³/mol. The van der Waals surface area contributed by atoms with Crippen LogP contribution in [0.2, 0.25) is 0 Å². The smallest absolute Gasteiger partial charge is 0.257 e. The van der Waals surface area contributed by atoms with Gasteiger partial charge in [0.25, 0.3) is 11.8 Å². The van der Waals surface area contributed by atoms with Crippen molar-refractivity contribution in [1.82, 2.24) is 4.98 Å². The lowest BCUT2D eigenvalue weighted by Gasteiger charge is -2.11. The number of fused-ring (bicyclic) bond motifs is 1. The summed E-state index contributed by atoms with van der Waals surface area (Å²) in [5, 5.41) is 4.13. The molecule has 0 aliphatic rings. The molecule has 3 N–H and O–H groups in total. The Kier molecular flexibility index (Phi) is 5.65. The highest BCUT2D eigenvalue weighted by Gasteiger charge is 2.24. The van der Waals surface area contributed by atoms with E-state index in [9.17, 15) is 9.59 Å². The van der Waals surface area contributed by atoms with E-state index in [4.69, 9.17) is 10.7 Å². The number of nitrogens with one attached hydrogen (secondary N) is 1. The minimum Gasteiger partial charge on any atom is -0.365 e. The number of carbonyl (C=O) groups is 2. The van der Waals surface area contributed by atoms with E-state index in [1.54, 1.807) is 6.07 Å². The molecule has 34 heavy (non-hydrogen) atoms. The number of pyridine rings is 1. The summed E-state index contributed by atoms with van der Waals surface area (Å²) in [4.78, 5) is 31.7. The van der Waals surface area contributed by atoms with Crippen molar-refractivity contribution in [3.8, 4) is 22.4 Å². The van der Waals surface area contributed by atoms with Crippen LogP contribution in [-0.4, -0.2) is 16.8 Å². The number of nitrogens with zero attached hydrogens (tertiary/aromatic N) is 1. The maximum absolute atomic E-state index is 13.6. The van der Waals surface area contributed by atoms with Crippen molar-refractivity contribution in [3.05, 3.63) is 107 Å². The van der Waals surface area contributed by atoms with E-state index >= 15 is 0 Å². The second-order valence-electron chi connectivity index (χ2n) is 7.86. The zero-order valence-corrected chi connectivity index (χ0v) is 19.2. The van der Waals surface area contributed by atoms with E-state index in [0.717, 1.165) is 32.5 Å². The summed E-state index contributed by atoms with van der Waals surface area (Å²) in [6.07, 6.45) is 0. The maximum atomic E-state index is 13.6. The molecule has 0 radical (unpaired) electrons. The molecule has 2 aromatic heterocycles. The van der Waals surface area contributed by atoms with Crippen LogP contribution < -0.4 is 11.1 Å². The molecule has 0 saturated carbocycles. The van der Waals surface area contributed by atoms with Gasteiger partial charge in [0.05, 0.1) is 22.3 Å². The Morgan fingerprint density at radius 1 is 0.853 bits per heavy atom. The highest BCUT2D eigenvalue weighted by atomic mass is 32.1. The van der Waals surface area contributed by atoms with Crippen molar-refractivity contribution < 1.29 is 9.59 Å². The van der Waals surface area contributed by atoms with Gasteiger partial charge in [0.1, 0.15) is 5.00 Å². The first kappa shape index (κ1) is 21.6. The van der Waals surface area contributed by atoms with E-state index in [1.807, 2.05) is 91.9 Å². The first-order valence-electron chi connectivity index (χ1n) is 10.8. The molecule has 0 saturated heterocycles. The first-order chi connectivity index (χ1) is 16.5. The number of nitrogens with two attached hydrogens (primary N) is 1. The van der Waals surface area contributed by atoms with Crippen LogP contribution >= 0.6 is 11.3 Å². The molecule has 0 aliphatic carbocycles. The van der Waals surface area contributed by atoms with Gasteiger partial charge in [0.2, 0.25) is 0 Å². The minimum atomic E-state index is -0.580. The standard InChI is InChI=1S/C28H21N3O2S/c1-17-24(19-12-6-3-7-13-19)25(26(29)32)28(34-17)31-27(33)21-16-23(18-10-4-2-5-11-18)30-22-15-9-8-14-20(21)22/h2-16H,1H3,(H2,29,32)(H,31,33).